The Balaban J connectivity index is 1.01. The van der Waals surface area contributed by atoms with Crippen LogP contribution in [0.25, 0.3) is 82.8 Å². The third-order valence-electron chi connectivity index (χ3n) is 11.8. The fourth-order valence-corrected chi connectivity index (χ4v) is 8.97. The zero-order valence-corrected chi connectivity index (χ0v) is 33.0. The first-order valence-corrected chi connectivity index (χ1v) is 20.6. The number of hydrogen-bond acceptors (Lipinski definition) is 1. The number of benzene rings is 10. The van der Waals surface area contributed by atoms with E-state index in [4.69, 9.17) is 0 Å². The predicted octanol–water partition coefficient (Wildman–Crippen LogP) is 16.1. The highest BCUT2D eigenvalue weighted by atomic mass is 15.1. The van der Waals surface area contributed by atoms with Crippen LogP contribution >= 0.6 is 0 Å². The highest BCUT2D eigenvalue weighted by Crippen LogP contribution is 2.44. The maximum atomic E-state index is 2.42. The van der Waals surface area contributed by atoms with E-state index in [1.54, 1.807) is 0 Å². The van der Waals surface area contributed by atoms with E-state index in [1.165, 1.54) is 60.4 Å². The number of rotatable bonds is 8. The lowest BCUT2D eigenvalue weighted by Gasteiger charge is -2.28. The standard InChI is InChI=1S/C58H40N2/c1-3-16-44(17-4-1)54-40-46(51-23-9-12-27-55(51)60-56-28-13-10-24-52(56)53-25-11-14-29-57(53)60)36-39-58(54)59(47-20-5-2-6-21-47)48-37-34-42(35-38-48)41-30-32-45(33-31-41)50-26-15-19-43-18-7-8-22-49(43)50/h1-40H. The number of anilines is 3. The molecule has 0 aliphatic rings. The summed E-state index contributed by atoms with van der Waals surface area (Å²) in [6, 6.07) is 87.8. The molecule has 0 bridgehead atoms. The summed E-state index contributed by atoms with van der Waals surface area (Å²) in [5.41, 5.74) is 16.3. The quantitative estimate of drug-likeness (QED) is 0.150. The molecule has 0 saturated heterocycles. The molecule has 11 aromatic rings. The summed E-state index contributed by atoms with van der Waals surface area (Å²) in [6.45, 7) is 0. The first-order chi connectivity index (χ1) is 29.8. The van der Waals surface area contributed by atoms with Crippen molar-refractivity contribution in [2.24, 2.45) is 0 Å². The summed E-state index contributed by atoms with van der Waals surface area (Å²) >= 11 is 0. The maximum absolute atomic E-state index is 2.42. The number of fused-ring (bicyclic) bond motifs is 4. The van der Waals surface area contributed by atoms with Crippen LogP contribution in [0.1, 0.15) is 0 Å². The predicted molar refractivity (Wildman–Crippen MR) is 255 cm³/mol. The average molecular weight is 765 g/mol. The minimum Gasteiger partial charge on any atom is -0.310 e. The van der Waals surface area contributed by atoms with Crippen LogP contribution in [0, 0.1) is 0 Å². The van der Waals surface area contributed by atoms with E-state index in [2.05, 4.69) is 252 Å². The summed E-state index contributed by atoms with van der Waals surface area (Å²) in [5, 5.41) is 5.04. The number of nitrogens with zero attached hydrogens (tertiary/aromatic N) is 2. The molecular formula is C58H40N2. The number of hydrogen-bond donors (Lipinski definition) is 0. The molecule has 0 fully saturated rings. The summed E-state index contributed by atoms with van der Waals surface area (Å²) in [5.74, 6) is 0. The Hall–Kier alpha value is -7.94. The summed E-state index contributed by atoms with van der Waals surface area (Å²) in [7, 11) is 0. The molecular weight excluding hydrogens is 725 g/mol. The van der Waals surface area contributed by atoms with Gasteiger partial charge in [-0.1, -0.05) is 188 Å². The van der Waals surface area contributed by atoms with Crippen molar-refractivity contribution >= 4 is 49.6 Å². The maximum Gasteiger partial charge on any atom is 0.0541 e. The molecule has 0 N–H and O–H groups in total. The van der Waals surface area contributed by atoms with Crippen molar-refractivity contribution in [2.45, 2.75) is 0 Å². The molecule has 2 heteroatoms. The highest BCUT2D eigenvalue weighted by molar-refractivity contribution is 6.10. The summed E-state index contributed by atoms with van der Waals surface area (Å²) in [4.78, 5) is 2.39. The zero-order chi connectivity index (χ0) is 39.8. The molecule has 0 radical (unpaired) electrons. The molecule has 60 heavy (non-hydrogen) atoms. The van der Waals surface area contributed by atoms with Crippen LogP contribution in [0.2, 0.25) is 0 Å². The molecule has 0 amide bonds. The zero-order valence-electron chi connectivity index (χ0n) is 33.0. The molecule has 1 aromatic heterocycles. The largest absolute Gasteiger partial charge is 0.310 e. The van der Waals surface area contributed by atoms with E-state index in [0.717, 1.165) is 39.4 Å². The molecule has 2 nitrogen and oxygen atoms in total. The van der Waals surface area contributed by atoms with Gasteiger partial charge in [-0.3, -0.25) is 0 Å². The van der Waals surface area contributed by atoms with Crippen LogP contribution in [0.4, 0.5) is 17.1 Å². The van der Waals surface area contributed by atoms with E-state index < -0.39 is 0 Å². The van der Waals surface area contributed by atoms with Crippen LogP contribution in [-0.4, -0.2) is 4.57 Å². The lowest BCUT2D eigenvalue weighted by atomic mass is 9.95. The van der Waals surface area contributed by atoms with Gasteiger partial charge in [0, 0.05) is 33.3 Å². The smallest absolute Gasteiger partial charge is 0.0541 e. The monoisotopic (exact) mass is 764 g/mol. The van der Waals surface area contributed by atoms with Crippen molar-refractivity contribution in [3.05, 3.63) is 243 Å². The van der Waals surface area contributed by atoms with Crippen molar-refractivity contribution in [2.75, 3.05) is 4.90 Å². The van der Waals surface area contributed by atoms with E-state index in [9.17, 15) is 0 Å². The molecule has 0 aliphatic heterocycles. The molecule has 1 heterocycles. The van der Waals surface area contributed by atoms with Gasteiger partial charge in [-0.15, -0.1) is 0 Å². The minimum atomic E-state index is 1.09. The molecule has 0 atom stereocenters. The third-order valence-corrected chi connectivity index (χ3v) is 11.8. The average Bonchev–Trinajstić information content (AvgIpc) is 3.67. The van der Waals surface area contributed by atoms with Gasteiger partial charge in [-0.05, 0) is 98.8 Å². The Labute approximate surface area is 350 Å². The van der Waals surface area contributed by atoms with Crippen LogP contribution < -0.4 is 4.90 Å². The Morgan fingerprint density at radius 1 is 0.283 bits per heavy atom. The first-order valence-electron chi connectivity index (χ1n) is 20.6. The normalized spacial score (nSPS) is 11.3. The Morgan fingerprint density at radius 2 is 0.767 bits per heavy atom. The molecule has 0 aliphatic carbocycles. The van der Waals surface area contributed by atoms with Crippen LogP contribution in [0.3, 0.4) is 0 Å². The molecule has 0 saturated carbocycles. The van der Waals surface area contributed by atoms with Gasteiger partial charge in [0.05, 0.1) is 22.4 Å². The lowest BCUT2D eigenvalue weighted by Crippen LogP contribution is -2.11. The molecule has 0 unspecified atom stereocenters. The lowest BCUT2D eigenvalue weighted by molar-refractivity contribution is 1.18. The summed E-state index contributed by atoms with van der Waals surface area (Å²) < 4.78 is 2.42. The first kappa shape index (κ1) is 35.2. The van der Waals surface area contributed by atoms with Gasteiger partial charge in [-0.25, -0.2) is 0 Å². The fraction of sp³-hybridized carbons (Fsp3) is 0. The summed E-state index contributed by atoms with van der Waals surface area (Å²) in [6.07, 6.45) is 0. The van der Waals surface area contributed by atoms with Gasteiger partial charge in [0.1, 0.15) is 0 Å². The van der Waals surface area contributed by atoms with Crippen LogP contribution in [-0.2, 0) is 0 Å². The van der Waals surface area contributed by atoms with Crippen LogP contribution in [0.5, 0.6) is 0 Å². The van der Waals surface area contributed by atoms with Gasteiger partial charge in [0.2, 0.25) is 0 Å². The molecule has 282 valence electrons. The Kier molecular flexibility index (Phi) is 8.87. The number of para-hydroxylation sites is 4. The molecule has 11 rings (SSSR count). The fourth-order valence-electron chi connectivity index (χ4n) is 8.97. The Morgan fingerprint density at radius 3 is 1.48 bits per heavy atom. The highest BCUT2D eigenvalue weighted by Gasteiger charge is 2.20. The van der Waals surface area contributed by atoms with Crippen molar-refractivity contribution in [3.63, 3.8) is 0 Å². The topological polar surface area (TPSA) is 8.17 Å². The second-order valence-corrected chi connectivity index (χ2v) is 15.3. The molecule has 10 aromatic carbocycles. The van der Waals surface area contributed by atoms with Gasteiger partial charge in [0.15, 0.2) is 0 Å². The van der Waals surface area contributed by atoms with Gasteiger partial charge >= 0.3 is 0 Å². The SMILES string of the molecule is c1ccc(-c2cc(-c3ccccc3-n3c4ccccc4c4ccccc43)ccc2N(c2ccccc2)c2ccc(-c3ccc(-c4cccc5ccccc45)cc3)cc2)cc1. The third kappa shape index (κ3) is 6.23. The minimum absolute atomic E-state index is 1.09. The van der Waals surface area contributed by atoms with Crippen molar-refractivity contribution in [1.29, 1.82) is 0 Å². The van der Waals surface area contributed by atoms with E-state index in [0.29, 0.717) is 0 Å². The van der Waals surface area contributed by atoms with Gasteiger partial charge < -0.3 is 9.47 Å². The molecule has 0 spiro atoms. The second kappa shape index (κ2) is 15.1. The second-order valence-electron chi connectivity index (χ2n) is 15.3. The van der Waals surface area contributed by atoms with Crippen molar-refractivity contribution < 1.29 is 0 Å². The van der Waals surface area contributed by atoms with Gasteiger partial charge in [0.25, 0.3) is 0 Å². The van der Waals surface area contributed by atoms with Crippen molar-refractivity contribution in [1.82, 2.24) is 4.57 Å². The van der Waals surface area contributed by atoms with Crippen LogP contribution in [0.15, 0.2) is 243 Å². The van der Waals surface area contributed by atoms with E-state index >= 15 is 0 Å². The number of aromatic nitrogens is 1. The van der Waals surface area contributed by atoms with E-state index in [-0.39, 0.29) is 0 Å². The van der Waals surface area contributed by atoms with Gasteiger partial charge in [-0.2, -0.15) is 0 Å². The van der Waals surface area contributed by atoms with Crippen molar-refractivity contribution in [3.8, 4) is 50.2 Å². The Bertz CT molecular complexity index is 3230. The van der Waals surface area contributed by atoms with E-state index in [1.807, 2.05) is 0 Å².